The van der Waals surface area contributed by atoms with Crippen molar-refractivity contribution >= 4 is 52.3 Å². The van der Waals surface area contributed by atoms with Gasteiger partial charge in [-0.15, -0.1) is 12.4 Å². The lowest BCUT2D eigenvalue weighted by Gasteiger charge is -2.36. The van der Waals surface area contributed by atoms with Crippen LogP contribution < -0.4 is 4.90 Å². The SMILES string of the molecule is CC1CN(c2nc(-c3ccc(Cl)cc3Cl)nc3ccccc23)CC(C)O1.Cl. The Labute approximate surface area is 174 Å². The molecule has 0 radical (unpaired) electrons. The summed E-state index contributed by atoms with van der Waals surface area (Å²) in [5.41, 5.74) is 1.67. The van der Waals surface area contributed by atoms with Crippen LogP contribution in [0.1, 0.15) is 13.8 Å². The van der Waals surface area contributed by atoms with Crippen molar-refractivity contribution in [2.45, 2.75) is 26.1 Å². The lowest BCUT2D eigenvalue weighted by molar-refractivity contribution is -0.00536. The highest BCUT2D eigenvalue weighted by molar-refractivity contribution is 6.36. The van der Waals surface area contributed by atoms with Gasteiger partial charge in [-0.25, -0.2) is 9.97 Å². The quantitative estimate of drug-likeness (QED) is 0.533. The van der Waals surface area contributed by atoms with E-state index < -0.39 is 0 Å². The minimum atomic E-state index is 0. The Morgan fingerprint density at radius 3 is 2.41 bits per heavy atom. The van der Waals surface area contributed by atoms with Gasteiger partial charge in [-0.05, 0) is 44.2 Å². The number of benzene rings is 2. The van der Waals surface area contributed by atoms with Gasteiger partial charge in [0.25, 0.3) is 0 Å². The van der Waals surface area contributed by atoms with Crippen LogP contribution in [0.5, 0.6) is 0 Å². The fourth-order valence-electron chi connectivity index (χ4n) is 3.44. The van der Waals surface area contributed by atoms with Crippen LogP contribution in [0.25, 0.3) is 22.3 Å². The number of halogens is 3. The molecule has 1 saturated heterocycles. The third-order valence-corrected chi connectivity index (χ3v) is 5.02. The zero-order valence-corrected chi connectivity index (χ0v) is 17.4. The van der Waals surface area contributed by atoms with Crippen molar-refractivity contribution in [1.29, 1.82) is 0 Å². The van der Waals surface area contributed by atoms with E-state index in [9.17, 15) is 0 Å². The van der Waals surface area contributed by atoms with Gasteiger partial charge in [0.2, 0.25) is 0 Å². The molecule has 0 spiro atoms. The largest absolute Gasteiger partial charge is 0.372 e. The highest BCUT2D eigenvalue weighted by Gasteiger charge is 2.25. The number of ether oxygens (including phenoxy) is 1. The van der Waals surface area contributed by atoms with Crippen LogP contribution in [0, 0.1) is 0 Å². The smallest absolute Gasteiger partial charge is 0.163 e. The summed E-state index contributed by atoms with van der Waals surface area (Å²) in [5, 5.41) is 2.17. The van der Waals surface area contributed by atoms with Gasteiger partial charge < -0.3 is 9.64 Å². The number of para-hydroxylation sites is 1. The first-order valence-electron chi connectivity index (χ1n) is 8.64. The Hall–Kier alpha value is -1.59. The predicted molar refractivity (Wildman–Crippen MR) is 114 cm³/mol. The number of rotatable bonds is 2. The first kappa shape index (κ1) is 20.2. The van der Waals surface area contributed by atoms with E-state index in [1.807, 2.05) is 24.3 Å². The minimum absolute atomic E-state index is 0. The van der Waals surface area contributed by atoms with Gasteiger partial charge in [-0.2, -0.15) is 0 Å². The standard InChI is InChI=1S/C20H19Cl2N3O.ClH/c1-12-10-25(11-13(2)26-12)20-16-5-3-4-6-18(16)23-19(24-20)15-8-7-14(21)9-17(15)22;/h3-9,12-13H,10-11H2,1-2H3;1H. The molecule has 4 nitrogen and oxygen atoms in total. The Morgan fingerprint density at radius 2 is 1.70 bits per heavy atom. The van der Waals surface area contributed by atoms with Crippen molar-refractivity contribution in [3.8, 4) is 11.4 Å². The zero-order valence-electron chi connectivity index (χ0n) is 15.0. The maximum absolute atomic E-state index is 6.40. The van der Waals surface area contributed by atoms with E-state index in [0.717, 1.165) is 35.4 Å². The highest BCUT2D eigenvalue weighted by atomic mass is 35.5. The minimum Gasteiger partial charge on any atom is -0.372 e. The molecule has 1 aliphatic heterocycles. The summed E-state index contributed by atoms with van der Waals surface area (Å²) in [6.07, 6.45) is 0.296. The van der Waals surface area contributed by atoms with E-state index in [0.29, 0.717) is 15.9 Å². The highest BCUT2D eigenvalue weighted by Crippen LogP contribution is 2.33. The average molecular weight is 425 g/mol. The molecule has 142 valence electrons. The normalized spacial score (nSPS) is 19.8. The van der Waals surface area contributed by atoms with E-state index in [-0.39, 0.29) is 24.6 Å². The van der Waals surface area contributed by atoms with Crippen LogP contribution in [0.4, 0.5) is 5.82 Å². The molecular weight excluding hydrogens is 405 g/mol. The predicted octanol–water partition coefficient (Wildman–Crippen LogP) is 5.64. The summed E-state index contributed by atoms with van der Waals surface area (Å²) >= 11 is 12.4. The molecule has 0 saturated carbocycles. The van der Waals surface area contributed by atoms with E-state index in [1.165, 1.54) is 0 Å². The van der Waals surface area contributed by atoms with Gasteiger partial charge in [-0.3, -0.25) is 0 Å². The van der Waals surface area contributed by atoms with Crippen molar-refractivity contribution in [2.75, 3.05) is 18.0 Å². The third-order valence-electron chi connectivity index (χ3n) is 4.47. The van der Waals surface area contributed by atoms with E-state index in [1.54, 1.807) is 12.1 Å². The summed E-state index contributed by atoms with van der Waals surface area (Å²) < 4.78 is 5.88. The Kier molecular flexibility index (Phi) is 6.11. The van der Waals surface area contributed by atoms with Crippen LogP contribution in [0.3, 0.4) is 0 Å². The van der Waals surface area contributed by atoms with Crippen LogP contribution >= 0.6 is 35.6 Å². The van der Waals surface area contributed by atoms with Crippen LogP contribution in [0.15, 0.2) is 42.5 Å². The average Bonchev–Trinajstić information content (AvgIpc) is 2.60. The summed E-state index contributed by atoms with van der Waals surface area (Å²) in [5.74, 6) is 1.52. The molecule has 0 amide bonds. The summed E-state index contributed by atoms with van der Waals surface area (Å²) in [6, 6.07) is 13.4. The fraction of sp³-hybridized carbons (Fsp3) is 0.300. The number of fused-ring (bicyclic) bond motifs is 1. The molecule has 1 fully saturated rings. The third kappa shape index (κ3) is 4.14. The molecule has 4 rings (SSSR count). The maximum Gasteiger partial charge on any atom is 0.163 e. The molecule has 0 aliphatic carbocycles. The first-order valence-corrected chi connectivity index (χ1v) is 9.39. The number of morpholine rings is 1. The van der Waals surface area contributed by atoms with Crippen molar-refractivity contribution in [3.63, 3.8) is 0 Å². The van der Waals surface area contributed by atoms with Crippen LogP contribution in [-0.2, 0) is 4.74 Å². The summed E-state index contributed by atoms with van der Waals surface area (Å²) in [4.78, 5) is 11.9. The molecule has 2 unspecified atom stereocenters. The molecule has 2 heterocycles. The lowest BCUT2D eigenvalue weighted by atomic mass is 10.1. The Balaban J connectivity index is 0.00000210. The van der Waals surface area contributed by atoms with Crippen molar-refractivity contribution in [2.24, 2.45) is 0 Å². The topological polar surface area (TPSA) is 38.2 Å². The molecule has 0 N–H and O–H groups in total. The second kappa shape index (κ2) is 8.19. The molecule has 1 aromatic heterocycles. The number of anilines is 1. The Morgan fingerprint density at radius 1 is 1.00 bits per heavy atom. The van der Waals surface area contributed by atoms with E-state index in [2.05, 4.69) is 24.8 Å². The monoisotopic (exact) mass is 423 g/mol. The zero-order chi connectivity index (χ0) is 18.3. The number of hydrogen-bond donors (Lipinski definition) is 0. The van der Waals surface area contributed by atoms with Crippen molar-refractivity contribution in [1.82, 2.24) is 9.97 Å². The van der Waals surface area contributed by atoms with Crippen molar-refractivity contribution < 1.29 is 4.74 Å². The molecule has 27 heavy (non-hydrogen) atoms. The van der Waals surface area contributed by atoms with Gasteiger partial charge in [0.05, 0.1) is 22.7 Å². The maximum atomic E-state index is 6.40. The van der Waals surface area contributed by atoms with Gasteiger partial charge in [0.15, 0.2) is 5.82 Å². The second-order valence-electron chi connectivity index (χ2n) is 6.67. The number of aromatic nitrogens is 2. The first-order chi connectivity index (χ1) is 12.5. The summed E-state index contributed by atoms with van der Waals surface area (Å²) in [7, 11) is 0. The second-order valence-corrected chi connectivity index (χ2v) is 7.52. The van der Waals surface area contributed by atoms with Crippen LogP contribution in [-0.4, -0.2) is 35.3 Å². The molecule has 7 heteroatoms. The fourth-order valence-corrected chi connectivity index (χ4v) is 3.94. The molecule has 0 bridgehead atoms. The molecule has 1 aliphatic rings. The molecular formula is C20H20Cl3N3O. The molecule has 3 aromatic rings. The number of nitrogens with zero attached hydrogens (tertiary/aromatic N) is 3. The number of hydrogen-bond acceptors (Lipinski definition) is 4. The summed E-state index contributed by atoms with van der Waals surface area (Å²) in [6.45, 7) is 5.75. The Bertz CT molecular complexity index is 956. The van der Waals surface area contributed by atoms with Gasteiger partial charge in [0, 0.05) is 29.1 Å². The van der Waals surface area contributed by atoms with Crippen molar-refractivity contribution in [3.05, 3.63) is 52.5 Å². The van der Waals surface area contributed by atoms with Crippen LogP contribution in [0.2, 0.25) is 10.0 Å². The van der Waals surface area contributed by atoms with Gasteiger partial charge in [0.1, 0.15) is 5.82 Å². The van der Waals surface area contributed by atoms with E-state index in [4.69, 9.17) is 37.9 Å². The molecule has 2 atom stereocenters. The van der Waals surface area contributed by atoms with E-state index >= 15 is 0 Å². The van der Waals surface area contributed by atoms with Gasteiger partial charge in [-0.1, -0.05) is 35.3 Å². The molecule has 2 aromatic carbocycles. The lowest BCUT2D eigenvalue weighted by Crippen LogP contribution is -2.46. The van der Waals surface area contributed by atoms with Gasteiger partial charge >= 0.3 is 0 Å².